The number of hydrogen-bond donors (Lipinski definition) is 0. The number of ether oxygens (including phenoxy) is 1. The van der Waals surface area contributed by atoms with Crippen molar-refractivity contribution in [2.24, 2.45) is 0 Å². The van der Waals surface area contributed by atoms with Crippen LogP contribution in [0.15, 0.2) is 24.5 Å². The van der Waals surface area contributed by atoms with Crippen LogP contribution in [-0.2, 0) is 17.7 Å². The monoisotopic (exact) mass is 259 g/mol. The van der Waals surface area contributed by atoms with Crippen molar-refractivity contribution < 1.29 is 4.74 Å². The van der Waals surface area contributed by atoms with Crippen LogP contribution in [0.3, 0.4) is 0 Å². The van der Waals surface area contributed by atoms with Gasteiger partial charge in [-0.2, -0.15) is 0 Å². The lowest BCUT2D eigenvalue weighted by atomic mass is 10.2. The summed E-state index contributed by atoms with van der Waals surface area (Å²) >= 11 is 0. The smallest absolute Gasteiger partial charge is 0.140 e. The number of hydrogen-bond acceptors (Lipinski definition) is 3. The van der Waals surface area contributed by atoms with Gasteiger partial charge in [0, 0.05) is 44.0 Å². The normalized spacial score (nSPS) is 17.1. The number of morpholine rings is 1. The maximum Gasteiger partial charge on any atom is 0.140 e. The summed E-state index contributed by atoms with van der Waals surface area (Å²) in [5, 5.41) is 1.30. The van der Waals surface area contributed by atoms with Crippen LogP contribution < -0.4 is 0 Å². The summed E-state index contributed by atoms with van der Waals surface area (Å²) in [4.78, 5) is 7.00. The van der Waals surface area contributed by atoms with Crippen LogP contribution in [0, 0.1) is 0 Å². The van der Waals surface area contributed by atoms with E-state index in [4.69, 9.17) is 4.74 Å². The molecule has 0 aliphatic carbocycles. The van der Waals surface area contributed by atoms with Gasteiger partial charge in [0.25, 0.3) is 0 Å². The molecule has 0 aromatic carbocycles. The van der Waals surface area contributed by atoms with Gasteiger partial charge in [0.2, 0.25) is 0 Å². The van der Waals surface area contributed by atoms with Crippen molar-refractivity contribution in [2.45, 2.75) is 19.9 Å². The summed E-state index contributed by atoms with van der Waals surface area (Å²) in [6.07, 6.45) is 5.21. The SMILES string of the molecule is CCc1cn(CCN2CCOCC2)c2ncccc12. The summed E-state index contributed by atoms with van der Waals surface area (Å²) < 4.78 is 7.68. The first-order valence-corrected chi connectivity index (χ1v) is 7.11. The van der Waals surface area contributed by atoms with E-state index in [0.717, 1.165) is 51.5 Å². The van der Waals surface area contributed by atoms with E-state index in [0.29, 0.717) is 0 Å². The third-order valence-electron chi connectivity index (χ3n) is 3.86. The Morgan fingerprint density at radius 1 is 1.26 bits per heavy atom. The first kappa shape index (κ1) is 12.6. The number of aromatic nitrogens is 2. The zero-order chi connectivity index (χ0) is 13.1. The van der Waals surface area contributed by atoms with Crippen molar-refractivity contribution in [3.8, 4) is 0 Å². The molecule has 3 rings (SSSR count). The quantitative estimate of drug-likeness (QED) is 0.840. The second-order valence-corrected chi connectivity index (χ2v) is 5.03. The zero-order valence-electron chi connectivity index (χ0n) is 11.5. The van der Waals surface area contributed by atoms with Gasteiger partial charge in [-0.3, -0.25) is 4.90 Å². The molecule has 2 aromatic rings. The molecule has 4 nitrogen and oxygen atoms in total. The molecule has 0 amide bonds. The van der Waals surface area contributed by atoms with Gasteiger partial charge in [-0.25, -0.2) is 4.98 Å². The molecule has 1 aliphatic heterocycles. The fraction of sp³-hybridized carbons (Fsp3) is 0.533. The maximum atomic E-state index is 5.38. The highest BCUT2D eigenvalue weighted by molar-refractivity contribution is 5.80. The van der Waals surface area contributed by atoms with Crippen molar-refractivity contribution in [1.82, 2.24) is 14.5 Å². The number of rotatable bonds is 4. The lowest BCUT2D eigenvalue weighted by Gasteiger charge is -2.26. The Bertz CT molecular complexity index is 543. The second kappa shape index (κ2) is 5.72. The van der Waals surface area contributed by atoms with Crippen molar-refractivity contribution >= 4 is 11.0 Å². The third kappa shape index (κ3) is 2.65. The number of nitrogens with zero attached hydrogens (tertiary/aromatic N) is 3. The van der Waals surface area contributed by atoms with Gasteiger partial charge in [0.05, 0.1) is 13.2 Å². The fourth-order valence-corrected chi connectivity index (χ4v) is 2.72. The van der Waals surface area contributed by atoms with Gasteiger partial charge in [0.15, 0.2) is 0 Å². The first-order chi connectivity index (χ1) is 9.38. The average Bonchev–Trinajstić information content (AvgIpc) is 2.84. The van der Waals surface area contributed by atoms with Crippen LogP contribution in [0.2, 0.25) is 0 Å². The van der Waals surface area contributed by atoms with E-state index in [1.807, 2.05) is 12.3 Å². The van der Waals surface area contributed by atoms with Crippen LogP contribution >= 0.6 is 0 Å². The molecule has 0 radical (unpaired) electrons. The van der Waals surface area contributed by atoms with Crippen LogP contribution in [0.4, 0.5) is 0 Å². The van der Waals surface area contributed by atoms with E-state index in [-0.39, 0.29) is 0 Å². The van der Waals surface area contributed by atoms with Crippen LogP contribution in [0.5, 0.6) is 0 Å². The topological polar surface area (TPSA) is 30.3 Å². The van der Waals surface area contributed by atoms with Crippen LogP contribution in [-0.4, -0.2) is 47.3 Å². The summed E-state index contributed by atoms with van der Waals surface area (Å²) in [6.45, 7) is 8.12. The minimum absolute atomic E-state index is 0.866. The Kier molecular flexibility index (Phi) is 3.80. The molecule has 102 valence electrons. The van der Waals surface area contributed by atoms with E-state index >= 15 is 0 Å². The Morgan fingerprint density at radius 3 is 2.89 bits per heavy atom. The van der Waals surface area contributed by atoms with Crippen LogP contribution in [0.25, 0.3) is 11.0 Å². The summed E-state index contributed by atoms with van der Waals surface area (Å²) in [6, 6.07) is 4.19. The molecule has 1 fully saturated rings. The molecule has 0 bridgehead atoms. The van der Waals surface area contributed by atoms with Crippen LogP contribution in [0.1, 0.15) is 12.5 Å². The van der Waals surface area contributed by atoms with Crippen molar-refractivity contribution in [3.05, 3.63) is 30.1 Å². The van der Waals surface area contributed by atoms with E-state index in [9.17, 15) is 0 Å². The summed E-state index contributed by atoms with van der Waals surface area (Å²) in [5.41, 5.74) is 2.51. The molecule has 0 saturated carbocycles. The predicted octanol–water partition coefficient (Wildman–Crippen LogP) is 1.93. The van der Waals surface area contributed by atoms with Gasteiger partial charge in [-0.15, -0.1) is 0 Å². The Hall–Kier alpha value is -1.39. The van der Waals surface area contributed by atoms with Gasteiger partial charge < -0.3 is 9.30 Å². The molecule has 0 spiro atoms. The lowest BCUT2D eigenvalue weighted by Crippen LogP contribution is -2.38. The second-order valence-electron chi connectivity index (χ2n) is 5.03. The molecule has 19 heavy (non-hydrogen) atoms. The van der Waals surface area contributed by atoms with Gasteiger partial charge >= 0.3 is 0 Å². The van der Waals surface area contributed by atoms with Crippen molar-refractivity contribution in [2.75, 3.05) is 32.8 Å². The highest BCUT2D eigenvalue weighted by atomic mass is 16.5. The van der Waals surface area contributed by atoms with Gasteiger partial charge in [-0.1, -0.05) is 6.92 Å². The fourth-order valence-electron chi connectivity index (χ4n) is 2.72. The summed E-state index contributed by atoms with van der Waals surface area (Å²) in [7, 11) is 0. The molecule has 3 heterocycles. The standard InChI is InChI=1S/C15H21N3O/c1-2-13-12-18(15-14(13)4-3-5-16-15)7-6-17-8-10-19-11-9-17/h3-5,12H,2,6-11H2,1H3. The third-order valence-corrected chi connectivity index (χ3v) is 3.86. The molecule has 4 heteroatoms. The highest BCUT2D eigenvalue weighted by Crippen LogP contribution is 2.19. The maximum absolute atomic E-state index is 5.38. The molecule has 1 aliphatic rings. The van der Waals surface area contributed by atoms with Crippen molar-refractivity contribution in [3.63, 3.8) is 0 Å². The Balaban J connectivity index is 1.76. The lowest BCUT2D eigenvalue weighted by molar-refractivity contribution is 0.0365. The number of aryl methyl sites for hydroxylation is 1. The zero-order valence-corrected chi connectivity index (χ0v) is 11.5. The average molecular weight is 259 g/mol. The molecule has 0 unspecified atom stereocenters. The van der Waals surface area contributed by atoms with E-state index in [1.165, 1.54) is 10.9 Å². The van der Waals surface area contributed by atoms with E-state index < -0.39 is 0 Å². The largest absolute Gasteiger partial charge is 0.379 e. The molecule has 1 saturated heterocycles. The first-order valence-electron chi connectivity index (χ1n) is 7.11. The Morgan fingerprint density at radius 2 is 2.11 bits per heavy atom. The van der Waals surface area contributed by atoms with E-state index in [2.05, 4.69) is 33.6 Å². The Labute approximate surface area is 114 Å². The highest BCUT2D eigenvalue weighted by Gasteiger charge is 2.12. The van der Waals surface area contributed by atoms with Gasteiger partial charge in [-0.05, 0) is 24.1 Å². The molecule has 2 aromatic heterocycles. The molecule has 0 N–H and O–H groups in total. The minimum Gasteiger partial charge on any atom is -0.379 e. The van der Waals surface area contributed by atoms with Gasteiger partial charge in [0.1, 0.15) is 5.65 Å². The molecule has 0 atom stereocenters. The number of pyridine rings is 1. The minimum atomic E-state index is 0.866. The summed E-state index contributed by atoms with van der Waals surface area (Å²) in [5.74, 6) is 0. The predicted molar refractivity (Wildman–Crippen MR) is 76.4 cm³/mol. The molecular weight excluding hydrogens is 238 g/mol. The van der Waals surface area contributed by atoms with Crippen molar-refractivity contribution in [1.29, 1.82) is 0 Å². The van der Waals surface area contributed by atoms with E-state index in [1.54, 1.807) is 0 Å². The molecular formula is C15H21N3O. The number of fused-ring (bicyclic) bond motifs is 1.